The Bertz CT molecular complexity index is 702. The lowest BCUT2D eigenvalue weighted by atomic mass is 10.1. The number of carbonyl (C=O) groups is 1. The Morgan fingerprint density at radius 3 is 2.80 bits per heavy atom. The molecular weight excluding hydrogens is 340 g/mol. The number of halogens is 2. The number of rotatable bonds is 2. The van der Waals surface area contributed by atoms with Crippen molar-refractivity contribution >= 4 is 44.8 Å². The van der Waals surface area contributed by atoms with Gasteiger partial charge in [-0.25, -0.2) is 0 Å². The average molecular weight is 352 g/mol. The molecule has 2 N–H and O–H groups in total. The average Bonchev–Trinajstić information content (AvgIpc) is 2.69. The molecule has 1 aliphatic heterocycles. The molecule has 2 aromatic rings. The zero-order valence-electron chi connectivity index (χ0n) is 10.7. The fourth-order valence-electron chi connectivity index (χ4n) is 2.27. The van der Waals surface area contributed by atoms with Crippen LogP contribution >= 0.6 is 27.5 Å². The molecule has 0 saturated carbocycles. The van der Waals surface area contributed by atoms with Gasteiger partial charge in [0.25, 0.3) is 5.91 Å². The molecule has 102 valence electrons. The molecule has 3 rings (SSSR count). The van der Waals surface area contributed by atoms with Crippen LogP contribution in [-0.2, 0) is 4.79 Å². The van der Waals surface area contributed by atoms with Crippen molar-refractivity contribution in [3.05, 3.63) is 57.0 Å². The summed E-state index contributed by atoms with van der Waals surface area (Å²) >= 11 is 9.52. The SMILES string of the molecule is Cc1ccc(NC2C(=O)Nc3ccc(Cl)cc32)c(Br)c1. The van der Waals surface area contributed by atoms with E-state index in [2.05, 4.69) is 26.6 Å². The molecule has 1 unspecified atom stereocenters. The van der Waals surface area contributed by atoms with E-state index in [4.69, 9.17) is 11.6 Å². The van der Waals surface area contributed by atoms with E-state index in [1.54, 1.807) is 6.07 Å². The third kappa shape index (κ3) is 2.41. The number of anilines is 2. The Labute approximate surface area is 130 Å². The molecule has 1 atom stereocenters. The maximum Gasteiger partial charge on any atom is 0.251 e. The summed E-state index contributed by atoms with van der Waals surface area (Å²) in [5.74, 6) is -0.0743. The largest absolute Gasteiger partial charge is 0.369 e. The van der Waals surface area contributed by atoms with Crippen molar-refractivity contribution in [2.45, 2.75) is 13.0 Å². The van der Waals surface area contributed by atoms with E-state index in [0.717, 1.165) is 27.0 Å². The maximum atomic E-state index is 12.1. The van der Waals surface area contributed by atoms with Crippen molar-refractivity contribution in [3.8, 4) is 0 Å². The standard InChI is InChI=1S/C15H12BrClN2O/c1-8-2-4-13(11(16)6-8)18-14-10-7-9(17)3-5-12(10)19-15(14)20/h2-7,14,18H,1H3,(H,19,20). The number of aryl methyl sites for hydroxylation is 1. The van der Waals surface area contributed by atoms with Gasteiger partial charge in [0, 0.05) is 26.4 Å². The third-order valence-electron chi connectivity index (χ3n) is 3.27. The van der Waals surface area contributed by atoms with Gasteiger partial charge >= 0.3 is 0 Å². The van der Waals surface area contributed by atoms with Gasteiger partial charge in [-0.05, 0) is 58.7 Å². The number of fused-ring (bicyclic) bond motifs is 1. The van der Waals surface area contributed by atoms with Crippen molar-refractivity contribution in [1.82, 2.24) is 0 Å². The smallest absolute Gasteiger partial charge is 0.251 e. The van der Waals surface area contributed by atoms with E-state index < -0.39 is 6.04 Å². The maximum absolute atomic E-state index is 12.1. The molecule has 0 radical (unpaired) electrons. The van der Waals surface area contributed by atoms with Crippen molar-refractivity contribution in [3.63, 3.8) is 0 Å². The van der Waals surface area contributed by atoms with E-state index in [-0.39, 0.29) is 5.91 Å². The molecule has 5 heteroatoms. The molecule has 0 aromatic heterocycles. The van der Waals surface area contributed by atoms with Crippen molar-refractivity contribution in [2.24, 2.45) is 0 Å². The Kier molecular flexibility index (Phi) is 3.44. The van der Waals surface area contributed by atoms with Crippen LogP contribution in [0.15, 0.2) is 40.9 Å². The minimum atomic E-state index is -0.428. The number of hydrogen-bond acceptors (Lipinski definition) is 2. The van der Waals surface area contributed by atoms with Crippen LogP contribution in [0.25, 0.3) is 0 Å². The molecule has 2 aromatic carbocycles. The minimum Gasteiger partial charge on any atom is -0.369 e. The summed E-state index contributed by atoms with van der Waals surface area (Å²) in [6, 6.07) is 10.9. The van der Waals surface area contributed by atoms with Crippen molar-refractivity contribution in [1.29, 1.82) is 0 Å². The summed E-state index contributed by atoms with van der Waals surface area (Å²) in [4.78, 5) is 12.1. The Hall–Kier alpha value is -1.52. The van der Waals surface area contributed by atoms with Crippen molar-refractivity contribution < 1.29 is 4.79 Å². The van der Waals surface area contributed by atoms with Gasteiger partial charge in [-0.3, -0.25) is 4.79 Å². The van der Waals surface area contributed by atoms with Gasteiger partial charge in [0.1, 0.15) is 6.04 Å². The minimum absolute atomic E-state index is 0.0743. The summed E-state index contributed by atoms with van der Waals surface area (Å²) in [6.45, 7) is 2.02. The topological polar surface area (TPSA) is 41.1 Å². The second kappa shape index (κ2) is 5.11. The van der Waals surface area contributed by atoms with Crippen LogP contribution in [0.3, 0.4) is 0 Å². The first-order chi connectivity index (χ1) is 9.54. The van der Waals surface area contributed by atoms with E-state index in [0.29, 0.717) is 5.02 Å². The second-order valence-electron chi connectivity index (χ2n) is 4.78. The summed E-state index contributed by atoms with van der Waals surface area (Å²) < 4.78 is 0.931. The Morgan fingerprint density at radius 1 is 1.25 bits per heavy atom. The first kappa shape index (κ1) is 13.5. The highest BCUT2D eigenvalue weighted by Crippen LogP contribution is 2.36. The number of amides is 1. The quantitative estimate of drug-likeness (QED) is 0.835. The van der Waals surface area contributed by atoms with Gasteiger partial charge in [-0.1, -0.05) is 17.7 Å². The second-order valence-corrected chi connectivity index (χ2v) is 6.07. The molecule has 0 fully saturated rings. The zero-order valence-corrected chi connectivity index (χ0v) is 13.0. The summed E-state index contributed by atoms with van der Waals surface area (Å²) in [7, 11) is 0. The van der Waals surface area contributed by atoms with Gasteiger partial charge in [-0.15, -0.1) is 0 Å². The Morgan fingerprint density at radius 2 is 2.05 bits per heavy atom. The van der Waals surface area contributed by atoms with E-state index in [1.165, 1.54) is 0 Å². The third-order valence-corrected chi connectivity index (χ3v) is 4.16. The van der Waals surface area contributed by atoms with Gasteiger partial charge in [0.15, 0.2) is 0 Å². The molecular formula is C15H12BrClN2O. The van der Waals surface area contributed by atoms with Crippen LogP contribution in [0.2, 0.25) is 5.02 Å². The lowest BCUT2D eigenvalue weighted by molar-refractivity contribution is -0.116. The van der Waals surface area contributed by atoms with Crippen LogP contribution in [0.4, 0.5) is 11.4 Å². The van der Waals surface area contributed by atoms with E-state index in [1.807, 2.05) is 37.3 Å². The molecule has 0 aliphatic carbocycles. The van der Waals surface area contributed by atoms with Gasteiger partial charge in [0.05, 0.1) is 0 Å². The fourth-order valence-corrected chi connectivity index (χ4v) is 3.06. The lowest BCUT2D eigenvalue weighted by Crippen LogP contribution is -2.19. The number of hydrogen-bond donors (Lipinski definition) is 2. The van der Waals surface area contributed by atoms with Gasteiger partial charge in [0.2, 0.25) is 0 Å². The molecule has 1 aliphatic rings. The summed E-state index contributed by atoms with van der Waals surface area (Å²) in [5.41, 5.74) is 3.71. The Balaban J connectivity index is 1.95. The van der Waals surface area contributed by atoms with Crippen LogP contribution in [0, 0.1) is 6.92 Å². The highest BCUT2D eigenvalue weighted by atomic mass is 79.9. The predicted molar refractivity (Wildman–Crippen MR) is 85.3 cm³/mol. The van der Waals surface area contributed by atoms with E-state index in [9.17, 15) is 4.79 Å². The predicted octanol–water partition coefficient (Wildman–Crippen LogP) is 4.52. The van der Waals surface area contributed by atoms with Gasteiger partial charge in [-0.2, -0.15) is 0 Å². The fraction of sp³-hybridized carbons (Fsp3) is 0.133. The summed E-state index contributed by atoms with van der Waals surface area (Å²) in [6.07, 6.45) is 0. The first-order valence-corrected chi connectivity index (χ1v) is 7.35. The molecule has 3 nitrogen and oxygen atoms in total. The molecule has 0 saturated heterocycles. The number of benzene rings is 2. The molecule has 20 heavy (non-hydrogen) atoms. The number of nitrogens with one attached hydrogen (secondary N) is 2. The first-order valence-electron chi connectivity index (χ1n) is 6.17. The highest BCUT2D eigenvalue weighted by Gasteiger charge is 2.30. The normalized spacial score (nSPS) is 16.8. The zero-order chi connectivity index (χ0) is 14.3. The van der Waals surface area contributed by atoms with Crippen LogP contribution in [0.1, 0.15) is 17.2 Å². The highest BCUT2D eigenvalue weighted by molar-refractivity contribution is 9.10. The molecule has 0 bridgehead atoms. The molecule has 1 amide bonds. The summed E-state index contributed by atoms with van der Waals surface area (Å²) in [5, 5.41) is 6.72. The van der Waals surface area contributed by atoms with Crippen LogP contribution < -0.4 is 10.6 Å². The van der Waals surface area contributed by atoms with Crippen LogP contribution in [0.5, 0.6) is 0 Å². The van der Waals surface area contributed by atoms with Crippen molar-refractivity contribution in [2.75, 3.05) is 10.6 Å². The molecule has 1 heterocycles. The molecule has 0 spiro atoms. The monoisotopic (exact) mass is 350 g/mol. The van der Waals surface area contributed by atoms with Gasteiger partial charge < -0.3 is 10.6 Å². The lowest BCUT2D eigenvalue weighted by Gasteiger charge is -2.15. The number of carbonyl (C=O) groups excluding carboxylic acids is 1. The van der Waals surface area contributed by atoms with E-state index >= 15 is 0 Å². The van der Waals surface area contributed by atoms with Crippen LogP contribution in [-0.4, -0.2) is 5.91 Å².